The molecule has 1 aromatic carbocycles. The molecule has 3 rings (SSSR count). The molecule has 9 heteroatoms. The molecule has 1 aliphatic rings. The van der Waals surface area contributed by atoms with Crippen molar-refractivity contribution < 1.29 is 22.8 Å². The highest BCUT2D eigenvalue weighted by atomic mass is 19.4. The molecule has 0 saturated carbocycles. The fraction of sp³-hybridized carbons (Fsp3) is 0.500. The number of nitrogens with one attached hydrogen (secondary N) is 1. The SMILES string of the molecule is CCc1ccc(N)c(C=O)c1CN1CCC(C(=O)NC(C)(C)C)CC1.FC(F)(F)c1ccccn1. The van der Waals surface area contributed by atoms with E-state index in [0.717, 1.165) is 63.0 Å². The average Bonchev–Trinajstić information content (AvgIpc) is 2.79. The van der Waals surface area contributed by atoms with E-state index in [9.17, 15) is 22.8 Å². The lowest BCUT2D eigenvalue weighted by molar-refractivity contribution is -0.141. The number of alkyl halides is 3. The highest BCUT2D eigenvalue weighted by Gasteiger charge is 2.31. The van der Waals surface area contributed by atoms with Crippen molar-refractivity contribution in [3.63, 3.8) is 0 Å². The van der Waals surface area contributed by atoms with Crippen LogP contribution in [0.25, 0.3) is 0 Å². The first kappa shape index (κ1) is 28.3. The zero-order valence-corrected chi connectivity index (χ0v) is 20.8. The molecule has 0 spiro atoms. The van der Waals surface area contributed by atoms with Gasteiger partial charge in [0.1, 0.15) is 5.69 Å². The second kappa shape index (κ2) is 12.2. The summed E-state index contributed by atoms with van der Waals surface area (Å²) in [6.45, 7) is 10.5. The van der Waals surface area contributed by atoms with Crippen LogP contribution in [0, 0.1) is 5.92 Å². The summed E-state index contributed by atoms with van der Waals surface area (Å²) in [7, 11) is 0. The van der Waals surface area contributed by atoms with Crippen LogP contribution in [-0.2, 0) is 23.9 Å². The Hall–Kier alpha value is -2.94. The van der Waals surface area contributed by atoms with Crippen LogP contribution in [0.15, 0.2) is 36.5 Å². The first-order valence-electron chi connectivity index (χ1n) is 11.7. The first-order chi connectivity index (χ1) is 16.4. The number of rotatable bonds is 5. The Morgan fingerprint density at radius 1 is 1.17 bits per heavy atom. The molecule has 2 heterocycles. The predicted octanol–water partition coefficient (Wildman–Crippen LogP) is 4.87. The molecule has 0 aliphatic carbocycles. The Morgan fingerprint density at radius 2 is 1.83 bits per heavy atom. The topological polar surface area (TPSA) is 88.3 Å². The van der Waals surface area contributed by atoms with Crippen molar-refractivity contribution in [1.29, 1.82) is 0 Å². The summed E-state index contributed by atoms with van der Waals surface area (Å²) in [6.07, 6.45) is 0.239. The van der Waals surface area contributed by atoms with Crippen molar-refractivity contribution in [2.75, 3.05) is 18.8 Å². The molecule has 1 fully saturated rings. The minimum atomic E-state index is -4.32. The third-order valence-electron chi connectivity index (χ3n) is 5.78. The van der Waals surface area contributed by atoms with E-state index in [1.807, 2.05) is 32.9 Å². The van der Waals surface area contributed by atoms with Crippen LogP contribution in [0.3, 0.4) is 0 Å². The Bertz CT molecular complexity index is 981. The van der Waals surface area contributed by atoms with Gasteiger partial charge >= 0.3 is 6.18 Å². The van der Waals surface area contributed by atoms with Crippen LogP contribution in [0.2, 0.25) is 0 Å². The molecule has 0 unspecified atom stereocenters. The minimum Gasteiger partial charge on any atom is -0.398 e. The molecule has 35 heavy (non-hydrogen) atoms. The summed E-state index contributed by atoms with van der Waals surface area (Å²) in [5, 5.41) is 3.08. The van der Waals surface area contributed by atoms with Crippen molar-refractivity contribution in [2.24, 2.45) is 5.92 Å². The molecular weight excluding hydrogens is 457 g/mol. The fourth-order valence-electron chi connectivity index (χ4n) is 3.96. The predicted molar refractivity (Wildman–Crippen MR) is 131 cm³/mol. The van der Waals surface area contributed by atoms with Gasteiger partial charge in [0.2, 0.25) is 5.91 Å². The molecule has 1 aromatic heterocycles. The molecule has 0 radical (unpaired) electrons. The Kier molecular flexibility index (Phi) is 9.82. The number of aldehydes is 1. The third kappa shape index (κ3) is 8.65. The van der Waals surface area contributed by atoms with Gasteiger partial charge in [-0.05, 0) is 82.4 Å². The van der Waals surface area contributed by atoms with Crippen LogP contribution < -0.4 is 11.1 Å². The van der Waals surface area contributed by atoms with E-state index in [-0.39, 0.29) is 17.4 Å². The third-order valence-corrected chi connectivity index (χ3v) is 5.78. The van der Waals surface area contributed by atoms with Gasteiger partial charge in [-0.15, -0.1) is 0 Å². The summed E-state index contributed by atoms with van der Waals surface area (Å²) in [4.78, 5) is 29.3. The van der Waals surface area contributed by atoms with Gasteiger partial charge in [0.05, 0.1) is 0 Å². The number of aromatic nitrogens is 1. The molecule has 1 saturated heterocycles. The van der Waals surface area contributed by atoms with Gasteiger partial charge in [-0.2, -0.15) is 13.2 Å². The van der Waals surface area contributed by atoms with Gasteiger partial charge in [0, 0.05) is 35.4 Å². The molecule has 1 aliphatic heterocycles. The quantitative estimate of drug-likeness (QED) is 0.459. The molecule has 0 atom stereocenters. The molecule has 1 amide bonds. The van der Waals surface area contributed by atoms with Crippen molar-refractivity contribution in [3.8, 4) is 0 Å². The van der Waals surface area contributed by atoms with Crippen LogP contribution in [0.1, 0.15) is 67.7 Å². The monoisotopic (exact) mass is 492 g/mol. The van der Waals surface area contributed by atoms with E-state index >= 15 is 0 Å². The standard InChI is InChI=1S/C20H31N3O2.C6H4F3N/c1-5-14-6-7-18(21)17(13-24)16(14)12-23-10-8-15(9-11-23)19(25)22-20(2,3)4;7-6(8,9)5-3-1-2-4-10-5/h6-7,13,15H,5,8-12,21H2,1-4H3,(H,22,25);1-4H. The number of amides is 1. The number of carbonyl (C=O) groups is 2. The Labute approximate surface area is 205 Å². The number of hydrogen-bond donors (Lipinski definition) is 2. The van der Waals surface area contributed by atoms with E-state index in [2.05, 4.69) is 22.1 Å². The summed E-state index contributed by atoms with van der Waals surface area (Å²) in [6, 6.07) is 7.50. The number of piperidine rings is 1. The number of pyridine rings is 1. The molecule has 2 aromatic rings. The number of halogens is 3. The van der Waals surface area contributed by atoms with Gasteiger partial charge in [-0.1, -0.05) is 19.1 Å². The summed E-state index contributed by atoms with van der Waals surface area (Å²) in [5.41, 5.74) is 8.30. The highest BCUT2D eigenvalue weighted by molar-refractivity contribution is 5.86. The maximum absolute atomic E-state index is 12.3. The number of anilines is 1. The number of nitrogens with two attached hydrogens (primary N) is 1. The normalized spacial score (nSPS) is 15.2. The lowest BCUT2D eigenvalue weighted by Crippen LogP contribution is -2.46. The van der Waals surface area contributed by atoms with Gasteiger partial charge in [0.25, 0.3) is 0 Å². The van der Waals surface area contributed by atoms with Gasteiger partial charge in [-0.3, -0.25) is 19.5 Å². The number of nitrogen functional groups attached to an aromatic ring is 1. The van der Waals surface area contributed by atoms with Crippen LogP contribution in [0.5, 0.6) is 0 Å². The molecule has 6 nitrogen and oxygen atoms in total. The van der Waals surface area contributed by atoms with Crippen LogP contribution >= 0.6 is 0 Å². The zero-order valence-electron chi connectivity index (χ0n) is 20.8. The average molecular weight is 493 g/mol. The minimum absolute atomic E-state index is 0.0764. The smallest absolute Gasteiger partial charge is 0.398 e. The van der Waals surface area contributed by atoms with E-state index in [0.29, 0.717) is 11.3 Å². The number of benzene rings is 1. The first-order valence-corrected chi connectivity index (χ1v) is 11.7. The molecular formula is C26H35F3N4O2. The fourth-order valence-corrected chi connectivity index (χ4v) is 3.96. The second-order valence-corrected chi connectivity index (χ2v) is 9.68. The highest BCUT2D eigenvalue weighted by Crippen LogP contribution is 2.27. The van der Waals surface area contributed by atoms with E-state index in [4.69, 9.17) is 5.73 Å². The molecule has 0 bridgehead atoms. The number of carbonyl (C=O) groups excluding carboxylic acids is 2. The maximum atomic E-state index is 12.3. The lowest BCUT2D eigenvalue weighted by atomic mass is 9.93. The number of aryl methyl sites for hydroxylation is 1. The zero-order chi connectivity index (χ0) is 26.2. The van der Waals surface area contributed by atoms with Crippen molar-refractivity contribution >= 4 is 17.9 Å². The number of hydrogen-bond acceptors (Lipinski definition) is 5. The van der Waals surface area contributed by atoms with Crippen molar-refractivity contribution in [2.45, 2.75) is 65.2 Å². The lowest BCUT2D eigenvalue weighted by Gasteiger charge is -2.33. The summed E-state index contributed by atoms with van der Waals surface area (Å²) < 4.78 is 35.2. The van der Waals surface area contributed by atoms with Crippen molar-refractivity contribution in [1.82, 2.24) is 15.2 Å². The van der Waals surface area contributed by atoms with Gasteiger partial charge < -0.3 is 11.1 Å². The molecule has 3 N–H and O–H groups in total. The largest absolute Gasteiger partial charge is 0.433 e. The maximum Gasteiger partial charge on any atom is 0.433 e. The van der Waals surface area contributed by atoms with Crippen LogP contribution in [-0.4, -0.2) is 40.7 Å². The van der Waals surface area contributed by atoms with Gasteiger partial charge in [0.15, 0.2) is 6.29 Å². The van der Waals surface area contributed by atoms with E-state index in [1.54, 1.807) is 0 Å². The molecule has 192 valence electrons. The van der Waals surface area contributed by atoms with E-state index < -0.39 is 11.9 Å². The summed E-state index contributed by atoms with van der Waals surface area (Å²) >= 11 is 0. The van der Waals surface area contributed by atoms with E-state index in [1.165, 1.54) is 17.7 Å². The van der Waals surface area contributed by atoms with Crippen molar-refractivity contribution in [3.05, 3.63) is 58.9 Å². The Morgan fingerprint density at radius 3 is 2.29 bits per heavy atom. The summed E-state index contributed by atoms with van der Waals surface area (Å²) in [5.74, 6) is 0.228. The number of likely N-dealkylation sites (tertiary alicyclic amines) is 1. The van der Waals surface area contributed by atoms with Crippen LogP contribution in [0.4, 0.5) is 18.9 Å². The van der Waals surface area contributed by atoms with Gasteiger partial charge in [-0.25, -0.2) is 0 Å². The Balaban J connectivity index is 0.000000360. The number of nitrogens with zero attached hydrogens (tertiary/aromatic N) is 2. The second-order valence-electron chi connectivity index (χ2n) is 9.68.